The third kappa shape index (κ3) is 3.67. The number of hydroxylamine groups is 1. The van der Waals surface area contributed by atoms with E-state index in [1.54, 1.807) is 5.48 Å². The van der Waals surface area contributed by atoms with Gasteiger partial charge in [0, 0.05) is 0 Å². The van der Waals surface area contributed by atoms with Crippen LogP contribution in [0.5, 0.6) is 0 Å². The van der Waals surface area contributed by atoms with E-state index >= 15 is 0 Å². The summed E-state index contributed by atoms with van der Waals surface area (Å²) in [7, 11) is 0. The minimum Gasteiger partial charge on any atom is -0.368 e. The maximum atomic E-state index is 12.9. The van der Waals surface area contributed by atoms with Crippen molar-refractivity contribution in [1.29, 1.82) is 0 Å². The second-order valence-corrected chi connectivity index (χ2v) is 3.23. The second-order valence-electron chi connectivity index (χ2n) is 3.23. The van der Waals surface area contributed by atoms with Crippen molar-refractivity contribution in [3.05, 3.63) is 39.4 Å². The molecular formula is C9H7F2N3O5. The van der Waals surface area contributed by atoms with Gasteiger partial charge in [-0.05, 0) is 6.07 Å². The van der Waals surface area contributed by atoms with Crippen LogP contribution in [0.2, 0.25) is 0 Å². The van der Waals surface area contributed by atoms with Crippen LogP contribution in [-0.2, 0) is 9.63 Å². The molecule has 1 rings (SSSR count). The van der Waals surface area contributed by atoms with Crippen LogP contribution in [0.15, 0.2) is 12.1 Å². The topological polar surface area (TPSA) is 125 Å². The number of primary amides is 1. The molecule has 0 heterocycles. The summed E-state index contributed by atoms with van der Waals surface area (Å²) < 4.78 is 25.8. The lowest BCUT2D eigenvalue weighted by Gasteiger charge is -2.05. The molecule has 0 bridgehead atoms. The molecule has 0 saturated carbocycles. The average molecular weight is 275 g/mol. The van der Waals surface area contributed by atoms with Crippen molar-refractivity contribution >= 4 is 17.5 Å². The molecule has 0 aliphatic rings. The van der Waals surface area contributed by atoms with Crippen LogP contribution in [0.1, 0.15) is 10.4 Å². The van der Waals surface area contributed by atoms with Crippen molar-refractivity contribution in [1.82, 2.24) is 5.48 Å². The summed E-state index contributed by atoms with van der Waals surface area (Å²) in [6.07, 6.45) is 0. The maximum absolute atomic E-state index is 12.9. The summed E-state index contributed by atoms with van der Waals surface area (Å²) in [5, 5.41) is 10.6. The van der Waals surface area contributed by atoms with Gasteiger partial charge in [-0.15, -0.1) is 0 Å². The van der Waals surface area contributed by atoms with E-state index in [1.807, 2.05) is 0 Å². The predicted octanol–water partition coefficient (Wildman–Crippen LogP) is 0.0197. The van der Waals surface area contributed by atoms with Crippen LogP contribution in [0.4, 0.5) is 14.5 Å². The highest BCUT2D eigenvalue weighted by Crippen LogP contribution is 2.22. The largest absolute Gasteiger partial charge is 0.368 e. The zero-order chi connectivity index (χ0) is 14.6. The van der Waals surface area contributed by atoms with Gasteiger partial charge in [0.25, 0.3) is 11.6 Å². The molecule has 19 heavy (non-hydrogen) atoms. The Balaban J connectivity index is 2.98. The Morgan fingerprint density at radius 3 is 2.47 bits per heavy atom. The fourth-order valence-electron chi connectivity index (χ4n) is 1.10. The first-order valence-corrected chi connectivity index (χ1v) is 4.66. The van der Waals surface area contributed by atoms with Crippen LogP contribution >= 0.6 is 0 Å². The van der Waals surface area contributed by atoms with Gasteiger partial charge >= 0.3 is 0 Å². The third-order valence-electron chi connectivity index (χ3n) is 1.86. The Kier molecular flexibility index (Phi) is 4.42. The Hall–Kier alpha value is -2.62. The minimum atomic E-state index is -1.47. The summed E-state index contributed by atoms with van der Waals surface area (Å²) >= 11 is 0. The number of benzene rings is 1. The van der Waals surface area contributed by atoms with E-state index in [1.165, 1.54) is 0 Å². The summed E-state index contributed by atoms with van der Waals surface area (Å²) in [4.78, 5) is 35.6. The fourth-order valence-corrected chi connectivity index (χ4v) is 1.10. The van der Waals surface area contributed by atoms with Gasteiger partial charge in [-0.25, -0.2) is 14.3 Å². The molecule has 0 spiro atoms. The molecule has 0 aliphatic heterocycles. The van der Waals surface area contributed by atoms with Crippen LogP contribution in [0.3, 0.4) is 0 Å². The molecule has 0 fully saturated rings. The molecule has 8 nitrogen and oxygen atoms in total. The number of nitro benzene ring substituents is 1. The standard InChI is InChI=1S/C9H7F2N3O5/c10-5-1-4(7(14(17)18)2-6(5)11)9(16)13-19-3-8(12)15/h1-2H,3H2,(H2,12,15)(H,13,16). The van der Waals surface area contributed by atoms with Crippen molar-refractivity contribution in [3.8, 4) is 0 Å². The molecular weight excluding hydrogens is 268 g/mol. The quantitative estimate of drug-likeness (QED) is 0.579. The van der Waals surface area contributed by atoms with E-state index in [-0.39, 0.29) is 6.07 Å². The first-order valence-electron chi connectivity index (χ1n) is 4.66. The van der Waals surface area contributed by atoms with Crippen LogP contribution in [0, 0.1) is 21.7 Å². The summed E-state index contributed by atoms with van der Waals surface area (Å²) in [5.74, 6) is -5.03. The molecule has 1 aromatic carbocycles. The first kappa shape index (κ1) is 14.4. The van der Waals surface area contributed by atoms with Gasteiger partial charge in [-0.2, -0.15) is 0 Å². The normalized spacial score (nSPS) is 10.0. The van der Waals surface area contributed by atoms with E-state index in [4.69, 9.17) is 5.73 Å². The minimum absolute atomic E-state index is 0.262. The summed E-state index contributed by atoms with van der Waals surface area (Å²) in [5.41, 5.74) is 4.64. The SMILES string of the molecule is NC(=O)CONC(=O)c1cc(F)c(F)cc1[N+](=O)[O-]. The molecule has 0 atom stereocenters. The number of nitrogens with two attached hydrogens (primary N) is 1. The van der Waals surface area contributed by atoms with E-state index in [2.05, 4.69) is 4.84 Å². The van der Waals surface area contributed by atoms with Gasteiger partial charge in [0.1, 0.15) is 5.56 Å². The lowest BCUT2D eigenvalue weighted by molar-refractivity contribution is -0.385. The van der Waals surface area contributed by atoms with Gasteiger partial charge in [-0.1, -0.05) is 0 Å². The maximum Gasteiger partial charge on any atom is 0.285 e. The Bertz CT molecular complexity index is 549. The van der Waals surface area contributed by atoms with Crippen molar-refractivity contribution in [2.24, 2.45) is 5.73 Å². The zero-order valence-corrected chi connectivity index (χ0v) is 9.18. The third-order valence-corrected chi connectivity index (χ3v) is 1.86. The van der Waals surface area contributed by atoms with E-state index in [0.29, 0.717) is 6.07 Å². The lowest BCUT2D eigenvalue weighted by atomic mass is 10.1. The van der Waals surface area contributed by atoms with Gasteiger partial charge in [0.05, 0.1) is 11.0 Å². The monoisotopic (exact) mass is 275 g/mol. The molecule has 0 radical (unpaired) electrons. The molecule has 0 aliphatic carbocycles. The number of nitro groups is 1. The number of halogens is 2. The highest BCUT2D eigenvalue weighted by atomic mass is 19.2. The highest BCUT2D eigenvalue weighted by molar-refractivity contribution is 5.97. The summed E-state index contributed by atoms with van der Waals surface area (Å²) in [6.45, 7) is -0.677. The van der Waals surface area contributed by atoms with Crippen molar-refractivity contribution < 1.29 is 28.1 Å². The molecule has 0 saturated heterocycles. The number of nitrogens with zero attached hydrogens (tertiary/aromatic N) is 1. The van der Waals surface area contributed by atoms with E-state index in [9.17, 15) is 28.5 Å². The number of hydrogen-bond donors (Lipinski definition) is 2. The number of carbonyl (C=O) groups excluding carboxylic acids is 2. The Morgan fingerprint density at radius 1 is 1.37 bits per heavy atom. The molecule has 102 valence electrons. The van der Waals surface area contributed by atoms with E-state index < -0.39 is 46.2 Å². The van der Waals surface area contributed by atoms with Crippen LogP contribution < -0.4 is 11.2 Å². The number of nitrogens with one attached hydrogen (secondary N) is 1. The fraction of sp³-hybridized carbons (Fsp3) is 0.111. The first-order chi connectivity index (χ1) is 8.82. The van der Waals surface area contributed by atoms with Crippen molar-refractivity contribution in [2.45, 2.75) is 0 Å². The Labute approximate surface area is 104 Å². The number of hydrogen-bond acceptors (Lipinski definition) is 5. The second kappa shape index (κ2) is 5.82. The molecule has 0 aromatic heterocycles. The van der Waals surface area contributed by atoms with Gasteiger partial charge < -0.3 is 5.73 Å². The molecule has 3 N–H and O–H groups in total. The van der Waals surface area contributed by atoms with Crippen LogP contribution in [0.25, 0.3) is 0 Å². The predicted molar refractivity (Wildman–Crippen MR) is 55.6 cm³/mol. The van der Waals surface area contributed by atoms with Gasteiger partial charge in [-0.3, -0.25) is 24.5 Å². The highest BCUT2D eigenvalue weighted by Gasteiger charge is 2.24. The van der Waals surface area contributed by atoms with Crippen LogP contribution in [-0.4, -0.2) is 23.3 Å². The summed E-state index contributed by atoms with van der Waals surface area (Å²) in [6, 6.07) is 0.606. The Morgan fingerprint density at radius 2 is 1.95 bits per heavy atom. The zero-order valence-electron chi connectivity index (χ0n) is 9.18. The van der Waals surface area contributed by atoms with Gasteiger partial charge in [0.2, 0.25) is 5.91 Å². The molecule has 10 heteroatoms. The lowest BCUT2D eigenvalue weighted by Crippen LogP contribution is -2.29. The smallest absolute Gasteiger partial charge is 0.285 e. The van der Waals surface area contributed by atoms with Gasteiger partial charge in [0.15, 0.2) is 18.2 Å². The number of carbonyl (C=O) groups is 2. The molecule has 2 amide bonds. The van der Waals surface area contributed by atoms with Crippen molar-refractivity contribution in [3.63, 3.8) is 0 Å². The van der Waals surface area contributed by atoms with E-state index in [0.717, 1.165) is 0 Å². The van der Waals surface area contributed by atoms with Crippen molar-refractivity contribution in [2.75, 3.05) is 6.61 Å². The molecule has 0 unspecified atom stereocenters. The number of rotatable bonds is 5. The average Bonchev–Trinajstić information content (AvgIpc) is 2.31. The number of amides is 2. The molecule has 1 aromatic rings.